The van der Waals surface area contributed by atoms with Crippen LogP contribution in [0.2, 0.25) is 0 Å². The van der Waals surface area contributed by atoms with Crippen molar-refractivity contribution in [3.63, 3.8) is 0 Å². The van der Waals surface area contributed by atoms with Gasteiger partial charge in [-0.2, -0.15) is 18.3 Å². The minimum Gasteiger partial charge on any atom is -0.367 e. The molecule has 2 heterocycles. The first-order valence-electron chi connectivity index (χ1n) is 8.93. The van der Waals surface area contributed by atoms with Crippen LogP contribution >= 0.6 is 0 Å². The van der Waals surface area contributed by atoms with Gasteiger partial charge in [-0.15, -0.1) is 0 Å². The molecule has 29 heavy (non-hydrogen) atoms. The molecule has 1 aromatic carbocycles. The van der Waals surface area contributed by atoms with Gasteiger partial charge in [0.25, 0.3) is 0 Å². The van der Waals surface area contributed by atoms with Gasteiger partial charge in [0.2, 0.25) is 11.8 Å². The maximum atomic E-state index is 13.7. The standard InChI is InChI=1S/C19H20F3N5O2/c1-2-18(29)26-10-8-25(9-11-26)16-5-4-14(12-15(16)19(20,21)22)24-17(28)13-27-7-3-6-23-27/h2-7,12H,1,8-11,13H2,(H,24,28). The van der Waals surface area contributed by atoms with Crippen molar-refractivity contribution in [2.45, 2.75) is 12.7 Å². The Morgan fingerprint density at radius 2 is 1.93 bits per heavy atom. The number of rotatable bonds is 5. The normalized spacial score (nSPS) is 14.6. The minimum absolute atomic E-state index is 0.0216. The molecule has 0 unspecified atom stereocenters. The molecule has 10 heteroatoms. The Kier molecular flexibility index (Phi) is 5.90. The Morgan fingerprint density at radius 1 is 1.21 bits per heavy atom. The van der Waals surface area contributed by atoms with Crippen molar-refractivity contribution < 1.29 is 22.8 Å². The Labute approximate surface area is 165 Å². The molecule has 1 aromatic heterocycles. The summed E-state index contributed by atoms with van der Waals surface area (Å²) in [5, 5.41) is 6.36. The van der Waals surface area contributed by atoms with Gasteiger partial charge in [0.05, 0.1) is 5.56 Å². The zero-order valence-corrected chi connectivity index (χ0v) is 15.5. The highest BCUT2D eigenvalue weighted by Crippen LogP contribution is 2.38. The molecule has 1 saturated heterocycles. The third-order valence-electron chi connectivity index (χ3n) is 4.56. The number of halogens is 3. The second-order valence-electron chi connectivity index (χ2n) is 6.50. The number of hydrogen-bond acceptors (Lipinski definition) is 4. The number of anilines is 2. The molecule has 3 rings (SSSR count). The number of amides is 2. The Morgan fingerprint density at radius 3 is 2.52 bits per heavy atom. The first kappa shape index (κ1) is 20.4. The number of piperazine rings is 1. The van der Waals surface area contributed by atoms with E-state index in [0.29, 0.717) is 13.1 Å². The van der Waals surface area contributed by atoms with Crippen LogP contribution in [0.15, 0.2) is 49.3 Å². The molecule has 2 aromatic rings. The van der Waals surface area contributed by atoms with Gasteiger partial charge >= 0.3 is 6.18 Å². The second-order valence-corrected chi connectivity index (χ2v) is 6.50. The maximum absolute atomic E-state index is 13.7. The third-order valence-corrected chi connectivity index (χ3v) is 4.56. The van der Waals surface area contributed by atoms with Crippen molar-refractivity contribution in [3.8, 4) is 0 Å². The van der Waals surface area contributed by atoms with Crippen molar-refractivity contribution >= 4 is 23.2 Å². The van der Waals surface area contributed by atoms with E-state index in [4.69, 9.17) is 0 Å². The largest absolute Gasteiger partial charge is 0.418 e. The summed E-state index contributed by atoms with van der Waals surface area (Å²) in [7, 11) is 0. The van der Waals surface area contributed by atoms with Crippen LogP contribution in [0.3, 0.4) is 0 Å². The van der Waals surface area contributed by atoms with E-state index in [9.17, 15) is 22.8 Å². The van der Waals surface area contributed by atoms with Crippen molar-refractivity contribution in [2.24, 2.45) is 0 Å². The number of carbonyl (C=O) groups excluding carboxylic acids is 2. The van der Waals surface area contributed by atoms with Crippen LogP contribution in [0.25, 0.3) is 0 Å². The monoisotopic (exact) mass is 407 g/mol. The predicted molar refractivity (Wildman–Crippen MR) is 101 cm³/mol. The zero-order valence-electron chi connectivity index (χ0n) is 15.5. The van der Waals surface area contributed by atoms with Gasteiger partial charge in [-0.1, -0.05) is 6.58 Å². The smallest absolute Gasteiger partial charge is 0.367 e. The highest BCUT2D eigenvalue weighted by Gasteiger charge is 2.36. The summed E-state index contributed by atoms with van der Waals surface area (Å²) < 4.78 is 42.3. The van der Waals surface area contributed by atoms with Gasteiger partial charge in [0.1, 0.15) is 6.54 Å². The van der Waals surface area contributed by atoms with E-state index in [1.807, 2.05) is 0 Å². The number of carbonyl (C=O) groups is 2. The van der Waals surface area contributed by atoms with Crippen molar-refractivity contribution in [2.75, 3.05) is 36.4 Å². The molecule has 0 spiro atoms. The summed E-state index contributed by atoms with van der Waals surface area (Å²) in [6.07, 6.45) is -0.309. The zero-order chi connectivity index (χ0) is 21.0. The average Bonchev–Trinajstić information content (AvgIpc) is 3.19. The first-order chi connectivity index (χ1) is 13.8. The molecule has 1 aliphatic heterocycles. The number of benzene rings is 1. The van der Waals surface area contributed by atoms with Crippen molar-refractivity contribution in [3.05, 3.63) is 54.9 Å². The molecule has 0 aliphatic carbocycles. The van der Waals surface area contributed by atoms with Crippen molar-refractivity contribution in [1.82, 2.24) is 14.7 Å². The quantitative estimate of drug-likeness (QED) is 0.773. The number of hydrogen-bond donors (Lipinski definition) is 1. The molecule has 7 nitrogen and oxygen atoms in total. The van der Waals surface area contributed by atoms with Crippen LogP contribution in [0.5, 0.6) is 0 Å². The van der Waals surface area contributed by atoms with E-state index >= 15 is 0 Å². The van der Waals surface area contributed by atoms with Crippen LogP contribution in [-0.4, -0.2) is 52.7 Å². The van der Waals surface area contributed by atoms with Crippen LogP contribution in [0, 0.1) is 0 Å². The van der Waals surface area contributed by atoms with Gasteiger partial charge < -0.3 is 15.1 Å². The lowest BCUT2D eigenvalue weighted by atomic mass is 10.1. The van der Waals surface area contributed by atoms with Gasteiger partial charge in [0, 0.05) is 49.9 Å². The fourth-order valence-electron chi connectivity index (χ4n) is 3.16. The molecule has 1 aliphatic rings. The fraction of sp³-hybridized carbons (Fsp3) is 0.316. The van der Waals surface area contributed by atoms with Gasteiger partial charge in [-0.3, -0.25) is 14.3 Å². The van der Waals surface area contributed by atoms with E-state index < -0.39 is 17.6 Å². The molecule has 1 fully saturated rings. The van der Waals surface area contributed by atoms with Crippen LogP contribution in [-0.2, 0) is 22.3 Å². The fourth-order valence-corrected chi connectivity index (χ4v) is 3.16. The van der Waals surface area contributed by atoms with E-state index in [1.54, 1.807) is 22.1 Å². The second kappa shape index (κ2) is 8.38. The number of aromatic nitrogens is 2. The average molecular weight is 407 g/mol. The minimum atomic E-state index is -4.59. The summed E-state index contributed by atoms with van der Waals surface area (Å²) >= 11 is 0. The summed E-state index contributed by atoms with van der Waals surface area (Å²) in [5.74, 6) is -0.720. The molecule has 154 valence electrons. The summed E-state index contributed by atoms with van der Waals surface area (Å²) in [4.78, 5) is 26.8. The number of alkyl halides is 3. The molecule has 2 amide bonds. The summed E-state index contributed by atoms with van der Waals surface area (Å²) in [6, 6.07) is 5.36. The van der Waals surface area contributed by atoms with E-state index in [0.717, 1.165) is 6.07 Å². The molecule has 1 N–H and O–H groups in total. The molecular weight excluding hydrogens is 387 g/mol. The molecule has 0 atom stereocenters. The Bertz CT molecular complexity index is 888. The first-order valence-corrected chi connectivity index (χ1v) is 8.93. The van der Waals surface area contributed by atoms with Crippen molar-refractivity contribution in [1.29, 1.82) is 0 Å². The summed E-state index contributed by atoms with van der Waals surface area (Å²) in [5.41, 5.74) is -0.759. The van der Waals surface area contributed by atoms with Gasteiger partial charge in [-0.05, 0) is 30.3 Å². The Hall–Kier alpha value is -3.30. The van der Waals surface area contributed by atoms with Gasteiger partial charge in [0.15, 0.2) is 0 Å². The third kappa shape index (κ3) is 4.95. The molecule has 0 bridgehead atoms. The highest BCUT2D eigenvalue weighted by molar-refractivity contribution is 5.91. The lowest BCUT2D eigenvalue weighted by Gasteiger charge is -2.36. The lowest BCUT2D eigenvalue weighted by molar-refractivity contribution is -0.137. The molecule has 0 radical (unpaired) electrons. The molecular formula is C19H20F3N5O2. The Balaban J connectivity index is 1.75. The van der Waals surface area contributed by atoms with Crippen LogP contribution in [0.1, 0.15) is 5.56 Å². The van der Waals surface area contributed by atoms with Crippen LogP contribution < -0.4 is 10.2 Å². The highest BCUT2D eigenvalue weighted by atomic mass is 19.4. The van der Waals surface area contributed by atoms with Crippen LogP contribution in [0.4, 0.5) is 24.5 Å². The maximum Gasteiger partial charge on any atom is 0.418 e. The lowest BCUT2D eigenvalue weighted by Crippen LogP contribution is -2.48. The van der Waals surface area contributed by atoms with Gasteiger partial charge in [-0.25, -0.2) is 0 Å². The van der Waals surface area contributed by atoms with E-state index in [1.165, 1.54) is 29.1 Å². The number of nitrogens with zero attached hydrogens (tertiary/aromatic N) is 4. The summed E-state index contributed by atoms with van der Waals surface area (Å²) in [6.45, 7) is 4.48. The SMILES string of the molecule is C=CC(=O)N1CCN(c2ccc(NC(=O)Cn3cccn3)cc2C(F)(F)F)CC1. The predicted octanol–water partition coefficient (Wildman–Crippen LogP) is 2.38. The molecule has 0 saturated carbocycles. The van der Waals surface area contributed by atoms with E-state index in [-0.39, 0.29) is 36.9 Å². The number of nitrogens with one attached hydrogen (secondary N) is 1. The topological polar surface area (TPSA) is 70.5 Å². The van der Waals surface area contributed by atoms with E-state index in [2.05, 4.69) is 17.0 Å².